The molecule has 0 saturated heterocycles. The predicted molar refractivity (Wildman–Crippen MR) is 240 cm³/mol. The quantitative estimate of drug-likeness (QED) is 0.0367. The zero-order chi connectivity index (χ0) is 41.8. The number of hydrogen-bond donors (Lipinski definition) is 1. The number of esters is 2. The van der Waals surface area contributed by atoms with Crippen LogP contribution in [0.15, 0.2) is 0 Å². The zero-order valence-electron chi connectivity index (χ0n) is 38.0. The summed E-state index contributed by atoms with van der Waals surface area (Å²) in [7, 11) is -3.19. The van der Waals surface area contributed by atoms with E-state index in [1.807, 2.05) is 0 Å². The van der Waals surface area contributed by atoms with Crippen LogP contribution in [0.2, 0.25) is 0 Å². The number of phosphoric acid groups is 1. The van der Waals surface area contributed by atoms with E-state index in [0.717, 1.165) is 45.6 Å². The van der Waals surface area contributed by atoms with E-state index in [2.05, 4.69) is 18.4 Å². The molecule has 0 aromatic rings. The number of ether oxygens (including phenoxy) is 2. The fourth-order valence-electron chi connectivity index (χ4n) is 7.54. The molecule has 0 rings (SSSR count). The Labute approximate surface area is 353 Å². The third-order valence-corrected chi connectivity index (χ3v) is 12.3. The summed E-state index contributed by atoms with van der Waals surface area (Å²) in [6.45, 7) is 3.95. The summed E-state index contributed by atoms with van der Waals surface area (Å²) in [6.07, 6.45) is 48.8. The lowest BCUT2D eigenvalue weighted by Crippen LogP contribution is -2.29. The van der Waals surface area contributed by atoms with Crippen LogP contribution in [0.4, 0.5) is 0 Å². The van der Waals surface area contributed by atoms with Gasteiger partial charge in [-0.15, -0.1) is 0 Å². The monoisotopic (exact) mass is 831 g/mol. The fourth-order valence-corrected chi connectivity index (χ4v) is 8.00. The van der Waals surface area contributed by atoms with Crippen LogP contribution in [0.5, 0.6) is 0 Å². The Hall–Kier alpha value is -0.950. The second-order valence-electron chi connectivity index (χ2n) is 17.0. The minimum Gasteiger partial charge on any atom is -0.462 e. The molecule has 0 heterocycles. The van der Waals surface area contributed by atoms with Gasteiger partial charge < -0.3 is 14.4 Å². The molecule has 0 aliphatic heterocycles. The molecule has 0 bridgehead atoms. The number of carbonyl (C=O) groups excluding carboxylic acids is 2. The summed E-state index contributed by atoms with van der Waals surface area (Å²) < 4.78 is 32.1. The lowest BCUT2D eigenvalue weighted by molar-refractivity contribution is -0.161. The zero-order valence-corrected chi connectivity index (χ0v) is 38.9. The second kappa shape index (κ2) is 44.6. The SMILES string of the molecule is CCCCCCCCCCCCCCCCCCCCCCCC(=O)OC(COC(=O)CCCCCCCCCCCCCCCCCCC)COP(=O)(O)OC. The number of carbonyl (C=O) groups is 2. The van der Waals surface area contributed by atoms with Gasteiger partial charge in [-0.3, -0.25) is 18.6 Å². The van der Waals surface area contributed by atoms with Crippen LogP contribution >= 0.6 is 7.82 Å². The average Bonchev–Trinajstić information content (AvgIpc) is 3.20. The summed E-state index contributed by atoms with van der Waals surface area (Å²) in [5, 5.41) is 0. The van der Waals surface area contributed by atoms with Gasteiger partial charge in [0, 0.05) is 20.0 Å². The summed E-state index contributed by atoms with van der Waals surface area (Å²) in [5.74, 6) is -0.781. The number of hydrogen-bond acceptors (Lipinski definition) is 7. The van der Waals surface area contributed by atoms with Gasteiger partial charge in [0.05, 0.1) is 6.61 Å². The van der Waals surface area contributed by atoms with Gasteiger partial charge in [0.25, 0.3) is 0 Å². The Bertz CT molecular complexity index is 900. The van der Waals surface area contributed by atoms with Crippen LogP contribution in [0.25, 0.3) is 0 Å². The second-order valence-corrected chi connectivity index (χ2v) is 18.5. The highest BCUT2D eigenvalue weighted by Crippen LogP contribution is 2.42. The highest BCUT2D eigenvalue weighted by Gasteiger charge is 2.24. The molecule has 0 fully saturated rings. The first-order valence-corrected chi connectivity index (χ1v) is 26.2. The number of unbranched alkanes of at least 4 members (excludes halogenated alkanes) is 36. The normalized spacial score (nSPS) is 13.1. The summed E-state index contributed by atoms with van der Waals surface area (Å²) in [4.78, 5) is 34.6. The fraction of sp³-hybridized carbons (Fsp3) is 0.958. The first-order chi connectivity index (χ1) is 27.8. The van der Waals surface area contributed by atoms with E-state index >= 15 is 0 Å². The van der Waals surface area contributed by atoms with Gasteiger partial charge in [0.1, 0.15) is 6.61 Å². The van der Waals surface area contributed by atoms with Crippen molar-refractivity contribution in [3.05, 3.63) is 0 Å². The van der Waals surface area contributed by atoms with Gasteiger partial charge in [-0.2, -0.15) is 0 Å². The third kappa shape index (κ3) is 44.4. The number of phosphoric ester groups is 1. The van der Waals surface area contributed by atoms with Crippen molar-refractivity contribution >= 4 is 19.8 Å². The van der Waals surface area contributed by atoms with Gasteiger partial charge in [-0.1, -0.05) is 245 Å². The van der Waals surface area contributed by atoms with Crippen molar-refractivity contribution in [3.8, 4) is 0 Å². The maximum atomic E-state index is 12.6. The Morgan fingerprint density at radius 2 is 0.684 bits per heavy atom. The van der Waals surface area contributed by atoms with E-state index in [0.29, 0.717) is 6.42 Å². The Morgan fingerprint density at radius 3 is 0.965 bits per heavy atom. The standard InChI is InChI=1S/C48H95O8P/c1-4-6-8-10-12-14-16-18-20-22-23-24-25-27-29-31-33-35-37-39-41-43-48(50)56-46(45-55-57(51,52)53-3)44-54-47(49)42-40-38-36-34-32-30-28-26-21-19-17-15-13-11-9-7-5-2/h46H,4-45H2,1-3H3,(H,51,52). The van der Waals surface area contributed by atoms with Crippen LogP contribution in [-0.2, 0) is 32.7 Å². The maximum Gasteiger partial charge on any atom is 0.472 e. The molecular weight excluding hydrogens is 735 g/mol. The first-order valence-electron chi connectivity index (χ1n) is 24.7. The molecule has 0 aromatic carbocycles. The first kappa shape index (κ1) is 56.0. The van der Waals surface area contributed by atoms with E-state index in [9.17, 15) is 19.0 Å². The van der Waals surface area contributed by atoms with Gasteiger partial charge in [0.15, 0.2) is 6.10 Å². The van der Waals surface area contributed by atoms with Crippen molar-refractivity contribution in [1.29, 1.82) is 0 Å². The Morgan fingerprint density at radius 1 is 0.421 bits per heavy atom. The van der Waals surface area contributed by atoms with E-state index in [1.165, 1.54) is 205 Å². The molecule has 9 heteroatoms. The lowest BCUT2D eigenvalue weighted by atomic mass is 10.0. The topological polar surface area (TPSA) is 108 Å². The third-order valence-electron chi connectivity index (χ3n) is 11.4. The van der Waals surface area contributed by atoms with Crippen molar-refractivity contribution in [1.82, 2.24) is 0 Å². The van der Waals surface area contributed by atoms with Crippen molar-refractivity contribution in [2.24, 2.45) is 0 Å². The van der Waals surface area contributed by atoms with Crippen molar-refractivity contribution in [2.45, 2.75) is 277 Å². The molecule has 0 amide bonds. The van der Waals surface area contributed by atoms with Crippen molar-refractivity contribution in [2.75, 3.05) is 20.3 Å². The van der Waals surface area contributed by atoms with Gasteiger partial charge in [0.2, 0.25) is 0 Å². The van der Waals surface area contributed by atoms with E-state index < -0.39 is 19.9 Å². The molecule has 2 atom stereocenters. The van der Waals surface area contributed by atoms with Gasteiger partial charge in [-0.05, 0) is 12.8 Å². The molecule has 0 radical (unpaired) electrons. The van der Waals surface area contributed by atoms with E-state index in [-0.39, 0.29) is 25.6 Å². The molecular formula is C48H95O8P. The van der Waals surface area contributed by atoms with Crippen LogP contribution in [0.1, 0.15) is 271 Å². The molecule has 8 nitrogen and oxygen atoms in total. The van der Waals surface area contributed by atoms with Crippen molar-refractivity contribution < 1.29 is 37.6 Å². The van der Waals surface area contributed by atoms with E-state index in [1.54, 1.807) is 0 Å². The summed E-state index contributed by atoms with van der Waals surface area (Å²) in [5.41, 5.74) is 0. The van der Waals surface area contributed by atoms with Crippen LogP contribution in [0, 0.1) is 0 Å². The molecule has 340 valence electrons. The lowest BCUT2D eigenvalue weighted by Gasteiger charge is -2.19. The molecule has 0 aliphatic rings. The van der Waals surface area contributed by atoms with Crippen LogP contribution < -0.4 is 0 Å². The Balaban J connectivity index is 3.85. The molecule has 0 spiro atoms. The van der Waals surface area contributed by atoms with Gasteiger partial charge >= 0.3 is 19.8 Å². The maximum absolute atomic E-state index is 12.6. The molecule has 0 aliphatic carbocycles. The van der Waals surface area contributed by atoms with Crippen LogP contribution in [-0.4, -0.2) is 43.3 Å². The molecule has 57 heavy (non-hydrogen) atoms. The highest BCUT2D eigenvalue weighted by atomic mass is 31.2. The van der Waals surface area contributed by atoms with Crippen molar-refractivity contribution in [3.63, 3.8) is 0 Å². The van der Waals surface area contributed by atoms with Crippen LogP contribution in [0.3, 0.4) is 0 Å². The number of rotatable bonds is 47. The average molecular weight is 831 g/mol. The summed E-state index contributed by atoms with van der Waals surface area (Å²) in [6, 6.07) is 0. The predicted octanol–water partition coefficient (Wildman–Crippen LogP) is 15.8. The smallest absolute Gasteiger partial charge is 0.462 e. The summed E-state index contributed by atoms with van der Waals surface area (Å²) >= 11 is 0. The molecule has 2 unspecified atom stereocenters. The van der Waals surface area contributed by atoms with E-state index in [4.69, 9.17) is 14.0 Å². The highest BCUT2D eigenvalue weighted by molar-refractivity contribution is 7.47. The minimum absolute atomic E-state index is 0.216. The molecule has 0 saturated carbocycles. The minimum atomic E-state index is -4.26. The Kier molecular flexibility index (Phi) is 43.9. The van der Waals surface area contributed by atoms with Gasteiger partial charge in [-0.25, -0.2) is 4.57 Å². The largest absolute Gasteiger partial charge is 0.472 e. The molecule has 1 N–H and O–H groups in total. The molecule has 0 aromatic heterocycles.